The van der Waals surface area contributed by atoms with Crippen LogP contribution in [-0.4, -0.2) is 48.4 Å². The third-order valence-corrected chi connectivity index (χ3v) is 4.65. The van der Waals surface area contributed by atoms with Crippen LogP contribution < -0.4 is 0 Å². The molecule has 25 heavy (non-hydrogen) atoms. The molecule has 0 saturated carbocycles. The highest BCUT2D eigenvalue weighted by atomic mass is 32.2. The number of halogens is 2. The van der Waals surface area contributed by atoms with E-state index in [1.165, 1.54) is 29.2 Å². The molecule has 0 aliphatic carbocycles. The Balaban J connectivity index is 1.85. The number of amides is 1. The van der Waals surface area contributed by atoms with Gasteiger partial charge in [-0.05, 0) is 31.2 Å². The van der Waals surface area contributed by atoms with E-state index >= 15 is 0 Å². The molecule has 3 rings (SSSR count). The van der Waals surface area contributed by atoms with Gasteiger partial charge in [0.25, 0.3) is 11.7 Å². The second-order valence-corrected chi connectivity index (χ2v) is 6.53. The van der Waals surface area contributed by atoms with Crippen LogP contribution in [0.1, 0.15) is 22.0 Å². The van der Waals surface area contributed by atoms with Gasteiger partial charge in [0, 0.05) is 10.5 Å². The summed E-state index contributed by atoms with van der Waals surface area (Å²) in [5.74, 6) is -3.07. The normalized spacial score (nSPS) is 16.8. The lowest BCUT2D eigenvalue weighted by molar-refractivity contribution is -0.143. The number of carbonyl (C=O) groups is 2. The molecule has 1 aromatic carbocycles. The zero-order valence-corrected chi connectivity index (χ0v) is 13.9. The first-order valence-electron chi connectivity index (χ1n) is 7.34. The van der Waals surface area contributed by atoms with Gasteiger partial charge in [0.2, 0.25) is 0 Å². The van der Waals surface area contributed by atoms with Gasteiger partial charge in [0.1, 0.15) is 11.9 Å². The van der Waals surface area contributed by atoms with Gasteiger partial charge in [-0.1, -0.05) is 11.8 Å². The second-order valence-electron chi connectivity index (χ2n) is 5.46. The maximum absolute atomic E-state index is 12.7. The van der Waals surface area contributed by atoms with Crippen molar-refractivity contribution in [3.63, 3.8) is 0 Å². The number of carboxylic acids is 1. The van der Waals surface area contributed by atoms with Crippen molar-refractivity contribution < 1.29 is 23.5 Å². The molecule has 7 nitrogen and oxygen atoms in total. The fourth-order valence-electron chi connectivity index (χ4n) is 2.68. The highest BCUT2D eigenvalue weighted by Crippen LogP contribution is 2.26. The summed E-state index contributed by atoms with van der Waals surface area (Å²) in [6.45, 7) is 1.80. The minimum absolute atomic E-state index is 0.0180. The summed E-state index contributed by atoms with van der Waals surface area (Å²) in [5.41, 5.74) is 0.231. The minimum Gasteiger partial charge on any atom is -0.480 e. The summed E-state index contributed by atoms with van der Waals surface area (Å²) in [5, 5.41) is 17.3. The number of fused-ring (bicyclic) bond motifs is 1. The average molecular weight is 368 g/mol. The molecule has 2 heterocycles. The van der Waals surface area contributed by atoms with E-state index < -0.39 is 23.7 Å². The molecule has 1 atom stereocenters. The lowest BCUT2D eigenvalue weighted by Crippen LogP contribution is -2.50. The number of aromatic nitrogens is 3. The van der Waals surface area contributed by atoms with Crippen LogP contribution in [0.2, 0.25) is 0 Å². The smallest absolute Gasteiger partial charge is 0.328 e. The number of nitrogens with zero attached hydrogens (tertiary/aromatic N) is 4. The Morgan fingerprint density at radius 1 is 1.28 bits per heavy atom. The van der Waals surface area contributed by atoms with Crippen molar-refractivity contribution in [2.45, 2.75) is 36.7 Å². The highest BCUT2D eigenvalue weighted by molar-refractivity contribution is 7.99. The van der Waals surface area contributed by atoms with Gasteiger partial charge < -0.3 is 14.6 Å². The molecule has 0 radical (unpaired) electrons. The number of hydrogen-bond donors (Lipinski definition) is 1. The molecule has 2 aromatic rings. The number of aliphatic carboxylic acids is 1. The van der Waals surface area contributed by atoms with Crippen molar-refractivity contribution in [3.8, 4) is 0 Å². The first kappa shape index (κ1) is 17.3. The molecule has 1 aromatic heterocycles. The summed E-state index contributed by atoms with van der Waals surface area (Å²) in [4.78, 5) is 25.8. The maximum Gasteiger partial charge on any atom is 0.328 e. The Morgan fingerprint density at radius 2 is 1.96 bits per heavy atom. The molecular weight excluding hydrogens is 354 g/mol. The van der Waals surface area contributed by atoms with Gasteiger partial charge in [0.15, 0.2) is 5.82 Å². The molecule has 0 bridgehead atoms. The van der Waals surface area contributed by atoms with Crippen molar-refractivity contribution in [2.75, 3.05) is 0 Å². The largest absolute Gasteiger partial charge is 0.480 e. The Labute approximate surface area is 145 Å². The Kier molecular flexibility index (Phi) is 4.71. The predicted molar refractivity (Wildman–Crippen MR) is 84.4 cm³/mol. The fraction of sp³-hybridized carbons (Fsp3) is 0.333. The number of rotatable bonds is 4. The van der Waals surface area contributed by atoms with Gasteiger partial charge >= 0.3 is 5.97 Å². The Bertz CT molecular complexity index is 810. The third-order valence-electron chi connectivity index (χ3n) is 3.93. The summed E-state index contributed by atoms with van der Waals surface area (Å²) in [7, 11) is 0. The van der Waals surface area contributed by atoms with E-state index in [1.54, 1.807) is 11.5 Å². The van der Waals surface area contributed by atoms with E-state index in [-0.39, 0.29) is 18.7 Å². The predicted octanol–water partition coefficient (Wildman–Crippen LogP) is 2.01. The number of aryl methyl sites for hydroxylation is 1. The lowest BCUT2D eigenvalue weighted by Gasteiger charge is -2.33. The van der Waals surface area contributed by atoms with E-state index in [4.69, 9.17) is 0 Å². The molecule has 1 unspecified atom stereocenters. The first-order chi connectivity index (χ1) is 11.9. The van der Waals surface area contributed by atoms with Gasteiger partial charge in [0.05, 0.1) is 13.1 Å². The zero-order valence-electron chi connectivity index (χ0n) is 13.1. The van der Waals surface area contributed by atoms with Crippen molar-refractivity contribution in [1.29, 1.82) is 0 Å². The molecular formula is C15H14F2N4O3S. The zero-order chi connectivity index (χ0) is 18.1. The molecule has 0 saturated heterocycles. The number of benzene rings is 1. The fourth-order valence-corrected chi connectivity index (χ4v) is 3.18. The van der Waals surface area contributed by atoms with E-state index in [2.05, 4.69) is 10.2 Å². The average Bonchev–Trinajstić information content (AvgIpc) is 2.93. The first-order valence-corrected chi connectivity index (χ1v) is 8.22. The Morgan fingerprint density at radius 3 is 2.56 bits per heavy atom. The standard InChI is InChI=1S/C15H14F2N4O3S/c1-8-18-19-12-7-21(11(14(23)24)6-20(8)12)13(22)9-2-4-10(5-3-9)25-15(16)17/h2-5,11,15H,6-7H2,1H3,(H,23,24). The molecule has 10 heteroatoms. The number of hydrogen-bond acceptors (Lipinski definition) is 5. The van der Waals surface area contributed by atoms with E-state index in [9.17, 15) is 23.5 Å². The van der Waals surface area contributed by atoms with Crippen LogP contribution in [0.15, 0.2) is 29.2 Å². The molecule has 0 spiro atoms. The number of carboxylic acid groups (broad SMARTS) is 1. The summed E-state index contributed by atoms with van der Waals surface area (Å²) < 4.78 is 26.4. The van der Waals surface area contributed by atoms with Crippen LogP contribution >= 0.6 is 11.8 Å². The van der Waals surface area contributed by atoms with E-state index in [0.29, 0.717) is 28.3 Å². The SMILES string of the molecule is Cc1nnc2n1CC(C(=O)O)N(C(=O)c1ccc(SC(F)F)cc1)C2. The summed E-state index contributed by atoms with van der Waals surface area (Å²) >= 11 is 0.379. The van der Waals surface area contributed by atoms with Crippen LogP contribution in [0.4, 0.5) is 8.78 Å². The van der Waals surface area contributed by atoms with Crippen molar-refractivity contribution in [3.05, 3.63) is 41.5 Å². The van der Waals surface area contributed by atoms with Gasteiger partial charge in [-0.2, -0.15) is 8.78 Å². The monoisotopic (exact) mass is 368 g/mol. The molecule has 1 amide bonds. The quantitative estimate of drug-likeness (QED) is 0.831. The Hall–Kier alpha value is -2.49. The van der Waals surface area contributed by atoms with E-state index in [0.717, 1.165) is 0 Å². The molecule has 1 N–H and O–H groups in total. The maximum atomic E-state index is 12.7. The minimum atomic E-state index is -2.55. The number of carbonyl (C=O) groups excluding carboxylic acids is 1. The van der Waals surface area contributed by atoms with Gasteiger partial charge in [-0.3, -0.25) is 4.79 Å². The van der Waals surface area contributed by atoms with Crippen LogP contribution in [-0.2, 0) is 17.9 Å². The molecule has 0 fully saturated rings. The molecule has 1 aliphatic rings. The third kappa shape index (κ3) is 3.48. The van der Waals surface area contributed by atoms with Crippen molar-refractivity contribution >= 4 is 23.6 Å². The van der Waals surface area contributed by atoms with Gasteiger partial charge in [-0.15, -0.1) is 10.2 Å². The van der Waals surface area contributed by atoms with Gasteiger partial charge in [-0.25, -0.2) is 4.79 Å². The van der Waals surface area contributed by atoms with E-state index in [1.807, 2.05) is 0 Å². The van der Waals surface area contributed by atoms with Crippen molar-refractivity contribution in [2.24, 2.45) is 0 Å². The van der Waals surface area contributed by atoms with Crippen LogP contribution in [0, 0.1) is 6.92 Å². The molecule has 1 aliphatic heterocycles. The van der Waals surface area contributed by atoms with Crippen molar-refractivity contribution in [1.82, 2.24) is 19.7 Å². The summed E-state index contributed by atoms with van der Waals surface area (Å²) in [6.07, 6.45) is 0. The lowest BCUT2D eigenvalue weighted by atomic mass is 10.1. The topological polar surface area (TPSA) is 88.3 Å². The summed E-state index contributed by atoms with van der Waals surface area (Å²) in [6, 6.07) is 4.60. The van der Waals surface area contributed by atoms with Crippen LogP contribution in [0.3, 0.4) is 0 Å². The second kappa shape index (κ2) is 6.79. The van der Waals surface area contributed by atoms with Crippen LogP contribution in [0.25, 0.3) is 0 Å². The van der Waals surface area contributed by atoms with Crippen LogP contribution in [0.5, 0.6) is 0 Å². The number of alkyl halides is 2. The number of thioether (sulfide) groups is 1. The highest BCUT2D eigenvalue weighted by Gasteiger charge is 2.36. The molecule has 132 valence electrons.